The van der Waals surface area contributed by atoms with Gasteiger partial charge in [0.05, 0.1) is 0 Å². The van der Waals surface area contributed by atoms with Gasteiger partial charge in [-0.05, 0) is 63.5 Å². The number of halogens is 1. The molecule has 100 valence electrons. The van der Waals surface area contributed by atoms with Crippen molar-refractivity contribution in [2.24, 2.45) is 5.92 Å². The topological polar surface area (TPSA) is 15.3 Å². The quantitative estimate of drug-likeness (QED) is 0.840. The number of nitrogens with zero attached hydrogens (tertiary/aromatic N) is 1. The first kappa shape index (κ1) is 14.0. The second-order valence-corrected chi connectivity index (χ2v) is 6.16. The zero-order valence-corrected chi connectivity index (χ0v) is 12.7. The molecule has 0 unspecified atom stereocenters. The van der Waals surface area contributed by atoms with Crippen LogP contribution in [0.2, 0.25) is 0 Å². The molecule has 2 nitrogen and oxygen atoms in total. The molecule has 0 amide bonds. The molecule has 0 spiro atoms. The van der Waals surface area contributed by atoms with Gasteiger partial charge in [0, 0.05) is 11.0 Å². The Bertz CT molecular complexity index is 359. The van der Waals surface area contributed by atoms with Crippen molar-refractivity contribution in [3.63, 3.8) is 0 Å². The minimum Gasteiger partial charge on any atom is -0.313 e. The average Bonchev–Trinajstić information content (AvgIpc) is 2.39. The highest BCUT2D eigenvalue weighted by molar-refractivity contribution is 9.10. The normalized spacial score (nSPS) is 18.1. The number of rotatable bonds is 5. The minimum atomic E-state index is 0.924. The van der Waals surface area contributed by atoms with Gasteiger partial charge >= 0.3 is 0 Å². The molecule has 1 saturated heterocycles. The summed E-state index contributed by atoms with van der Waals surface area (Å²) < 4.78 is 1.21. The van der Waals surface area contributed by atoms with E-state index in [2.05, 4.69) is 57.5 Å². The molecule has 1 fully saturated rings. The summed E-state index contributed by atoms with van der Waals surface area (Å²) in [7, 11) is 2.22. The van der Waals surface area contributed by atoms with Gasteiger partial charge in [-0.15, -0.1) is 0 Å². The van der Waals surface area contributed by atoms with E-state index in [9.17, 15) is 0 Å². The number of hydrogen-bond acceptors (Lipinski definition) is 2. The molecule has 2 rings (SSSR count). The second kappa shape index (κ2) is 7.27. The van der Waals surface area contributed by atoms with Gasteiger partial charge in [-0.25, -0.2) is 0 Å². The predicted molar refractivity (Wildman–Crippen MR) is 80.7 cm³/mol. The van der Waals surface area contributed by atoms with Crippen molar-refractivity contribution in [1.82, 2.24) is 10.2 Å². The number of piperidine rings is 1. The van der Waals surface area contributed by atoms with Crippen molar-refractivity contribution in [1.29, 1.82) is 0 Å². The molecule has 1 aromatic rings. The number of nitrogens with one attached hydrogen (secondary N) is 1. The fourth-order valence-corrected chi connectivity index (χ4v) is 2.95. The van der Waals surface area contributed by atoms with Crippen LogP contribution in [0.25, 0.3) is 0 Å². The van der Waals surface area contributed by atoms with Crippen molar-refractivity contribution in [2.45, 2.75) is 25.8 Å². The van der Waals surface area contributed by atoms with Gasteiger partial charge in [0.2, 0.25) is 0 Å². The van der Waals surface area contributed by atoms with Gasteiger partial charge in [0.15, 0.2) is 0 Å². The first-order valence-corrected chi connectivity index (χ1v) is 7.67. The highest BCUT2D eigenvalue weighted by Gasteiger charge is 2.15. The van der Waals surface area contributed by atoms with Crippen LogP contribution in [0.15, 0.2) is 28.7 Å². The monoisotopic (exact) mass is 310 g/mol. The van der Waals surface area contributed by atoms with Gasteiger partial charge < -0.3 is 10.2 Å². The van der Waals surface area contributed by atoms with Crippen molar-refractivity contribution in [2.75, 3.05) is 26.7 Å². The van der Waals surface area contributed by atoms with E-state index in [1.54, 1.807) is 0 Å². The zero-order chi connectivity index (χ0) is 12.8. The standard InChI is InChI=1S/C15H23BrN2/c1-18-10-7-13(8-11-18)6-9-17-12-14-4-2-3-5-15(14)16/h2-5,13,17H,6-12H2,1H3. The first-order valence-electron chi connectivity index (χ1n) is 6.88. The van der Waals surface area contributed by atoms with E-state index in [0.717, 1.165) is 19.0 Å². The van der Waals surface area contributed by atoms with E-state index >= 15 is 0 Å². The summed E-state index contributed by atoms with van der Waals surface area (Å²) in [4.78, 5) is 2.44. The molecule has 1 N–H and O–H groups in total. The molecule has 0 radical (unpaired) electrons. The summed E-state index contributed by atoms with van der Waals surface area (Å²) in [5, 5.41) is 3.56. The van der Waals surface area contributed by atoms with Crippen LogP contribution in [0.5, 0.6) is 0 Å². The largest absolute Gasteiger partial charge is 0.313 e. The molecule has 0 aliphatic carbocycles. The van der Waals surface area contributed by atoms with Crippen molar-refractivity contribution >= 4 is 15.9 Å². The number of likely N-dealkylation sites (tertiary alicyclic amines) is 1. The molecule has 0 bridgehead atoms. The van der Waals surface area contributed by atoms with Gasteiger partial charge in [-0.2, -0.15) is 0 Å². The smallest absolute Gasteiger partial charge is 0.0220 e. The predicted octanol–water partition coefficient (Wildman–Crippen LogP) is 3.27. The van der Waals surface area contributed by atoms with Gasteiger partial charge in [-0.3, -0.25) is 0 Å². The third kappa shape index (κ3) is 4.38. The lowest BCUT2D eigenvalue weighted by molar-refractivity contribution is 0.211. The molecule has 3 heteroatoms. The Morgan fingerprint density at radius 3 is 2.72 bits per heavy atom. The maximum absolute atomic E-state index is 3.59. The fraction of sp³-hybridized carbons (Fsp3) is 0.600. The summed E-state index contributed by atoms with van der Waals surface area (Å²) in [6.07, 6.45) is 4.05. The van der Waals surface area contributed by atoms with Crippen LogP contribution in [-0.2, 0) is 6.54 Å². The van der Waals surface area contributed by atoms with Crippen LogP contribution in [0.4, 0.5) is 0 Å². The molecule has 1 heterocycles. The Labute approximate surface area is 119 Å². The van der Waals surface area contributed by atoms with E-state index in [1.807, 2.05) is 0 Å². The van der Waals surface area contributed by atoms with Crippen molar-refractivity contribution in [3.05, 3.63) is 34.3 Å². The van der Waals surface area contributed by atoms with Crippen LogP contribution in [0, 0.1) is 5.92 Å². The van der Waals surface area contributed by atoms with Crippen LogP contribution in [0.3, 0.4) is 0 Å². The summed E-state index contributed by atoms with van der Waals surface area (Å²) in [6.45, 7) is 4.65. The van der Waals surface area contributed by atoms with Crippen LogP contribution in [-0.4, -0.2) is 31.6 Å². The first-order chi connectivity index (χ1) is 8.75. The van der Waals surface area contributed by atoms with Gasteiger partial charge in [0.25, 0.3) is 0 Å². The lowest BCUT2D eigenvalue weighted by Gasteiger charge is -2.28. The Morgan fingerprint density at radius 2 is 2.00 bits per heavy atom. The van der Waals surface area contributed by atoms with Crippen LogP contribution in [0.1, 0.15) is 24.8 Å². The Balaban J connectivity index is 1.63. The van der Waals surface area contributed by atoms with Crippen molar-refractivity contribution < 1.29 is 0 Å². The Hall–Kier alpha value is -0.380. The van der Waals surface area contributed by atoms with Crippen LogP contribution < -0.4 is 5.32 Å². The molecule has 0 atom stereocenters. The lowest BCUT2D eigenvalue weighted by Crippen LogP contribution is -2.31. The SMILES string of the molecule is CN1CCC(CCNCc2ccccc2Br)CC1. The van der Waals surface area contributed by atoms with E-state index in [0.29, 0.717) is 0 Å². The highest BCUT2D eigenvalue weighted by atomic mass is 79.9. The molecule has 1 aliphatic heterocycles. The summed E-state index contributed by atoms with van der Waals surface area (Å²) in [5.41, 5.74) is 1.35. The third-order valence-electron chi connectivity index (χ3n) is 3.84. The van der Waals surface area contributed by atoms with E-state index < -0.39 is 0 Å². The van der Waals surface area contributed by atoms with E-state index in [-0.39, 0.29) is 0 Å². The highest BCUT2D eigenvalue weighted by Crippen LogP contribution is 2.19. The summed E-state index contributed by atoms with van der Waals surface area (Å²) >= 11 is 3.59. The lowest BCUT2D eigenvalue weighted by atomic mass is 9.94. The molecule has 18 heavy (non-hydrogen) atoms. The summed E-state index contributed by atoms with van der Waals surface area (Å²) in [5.74, 6) is 0.924. The molecular formula is C15H23BrN2. The minimum absolute atomic E-state index is 0.924. The van der Waals surface area contributed by atoms with Crippen LogP contribution >= 0.6 is 15.9 Å². The number of hydrogen-bond donors (Lipinski definition) is 1. The number of benzene rings is 1. The molecule has 0 saturated carbocycles. The average molecular weight is 311 g/mol. The van der Waals surface area contributed by atoms with E-state index in [1.165, 1.54) is 42.4 Å². The van der Waals surface area contributed by atoms with Crippen molar-refractivity contribution in [3.8, 4) is 0 Å². The maximum Gasteiger partial charge on any atom is 0.0220 e. The zero-order valence-electron chi connectivity index (χ0n) is 11.2. The summed E-state index contributed by atoms with van der Waals surface area (Å²) in [6, 6.07) is 8.44. The van der Waals surface area contributed by atoms with Gasteiger partial charge in [-0.1, -0.05) is 34.1 Å². The van der Waals surface area contributed by atoms with E-state index in [4.69, 9.17) is 0 Å². The second-order valence-electron chi connectivity index (χ2n) is 5.30. The third-order valence-corrected chi connectivity index (χ3v) is 4.61. The molecule has 0 aromatic heterocycles. The Kier molecular flexibility index (Phi) is 5.67. The molecule has 1 aromatic carbocycles. The maximum atomic E-state index is 3.59. The molecular weight excluding hydrogens is 288 g/mol. The molecule has 1 aliphatic rings. The van der Waals surface area contributed by atoms with Gasteiger partial charge in [0.1, 0.15) is 0 Å². The Morgan fingerprint density at radius 1 is 1.28 bits per heavy atom. The fourth-order valence-electron chi connectivity index (χ4n) is 2.52.